The summed E-state index contributed by atoms with van der Waals surface area (Å²) in [6.45, 7) is 6.94. The van der Waals surface area contributed by atoms with Gasteiger partial charge in [0.2, 0.25) is 6.41 Å². The zero-order valence-electron chi connectivity index (χ0n) is 22.9. The van der Waals surface area contributed by atoms with Crippen molar-refractivity contribution in [1.29, 1.82) is 10.5 Å². The lowest BCUT2D eigenvalue weighted by molar-refractivity contribution is -0.273. The number of nitrogens with one attached hydrogen (secondary N) is 1. The fourth-order valence-corrected chi connectivity index (χ4v) is 3.62. The Morgan fingerprint density at radius 2 is 1.39 bits per heavy atom. The summed E-state index contributed by atoms with van der Waals surface area (Å²) in [5, 5.41) is 23.2. The minimum atomic E-state index is -0.191. The lowest BCUT2D eigenvalue weighted by Gasteiger charge is -2.31. The molecule has 0 saturated heterocycles. The van der Waals surface area contributed by atoms with Crippen LogP contribution in [0.4, 0.5) is 0 Å². The Kier molecular flexibility index (Phi) is 26.5. The van der Waals surface area contributed by atoms with Gasteiger partial charge in [0.1, 0.15) is 26.6 Å². The molecule has 0 fully saturated rings. The van der Waals surface area contributed by atoms with Crippen molar-refractivity contribution >= 4 is 12.4 Å². The van der Waals surface area contributed by atoms with Gasteiger partial charge in [0.25, 0.3) is 12.5 Å². The quantitative estimate of drug-likeness (QED) is 0.0279. The predicted molar refractivity (Wildman–Crippen MR) is 142 cm³/mol. The number of hydrogen-bond acceptors (Lipinski definition) is 10. The number of amides is 1. The van der Waals surface area contributed by atoms with Crippen molar-refractivity contribution in [3.05, 3.63) is 12.7 Å². The monoisotopic (exact) mass is 537 g/mol. The molecule has 0 unspecified atom stereocenters. The highest BCUT2D eigenvalue weighted by Gasteiger charge is 2.14. The maximum Gasteiger partial charge on any atom is 0.306 e. The van der Waals surface area contributed by atoms with Gasteiger partial charge in [-0.25, -0.2) is 0 Å². The molecule has 0 bridgehead atoms. The average Bonchev–Trinajstić information content (AvgIpc) is 2.93. The number of hydroxylamine groups is 1. The number of ether oxygens (including phenoxy) is 3. The van der Waals surface area contributed by atoms with Gasteiger partial charge in [0.05, 0.1) is 0 Å². The van der Waals surface area contributed by atoms with Crippen LogP contribution in [-0.4, -0.2) is 68.7 Å². The van der Waals surface area contributed by atoms with E-state index in [0.717, 1.165) is 96.4 Å². The highest BCUT2D eigenvalue weighted by molar-refractivity contribution is 5.69. The van der Waals surface area contributed by atoms with Crippen LogP contribution in [0.2, 0.25) is 0 Å². The fraction of sp³-hybridized carbons (Fsp3) is 0.778. The van der Waals surface area contributed by atoms with Crippen molar-refractivity contribution in [1.82, 2.24) is 15.5 Å². The van der Waals surface area contributed by atoms with Gasteiger partial charge >= 0.3 is 5.97 Å². The van der Waals surface area contributed by atoms with Crippen molar-refractivity contribution in [3.63, 3.8) is 0 Å². The molecule has 0 aliphatic rings. The molecule has 1 amide bonds. The van der Waals surface area contributed by atoms with Crippen molar-refractivity contribution in [3.8, 4) is 12.5 Å². The molecule has 0 spiro atoms. The number of carbonyl (C=O) groups is 2. The van der Waals surface area contributed by atoms with Gasteiger partial charge in [0.15, 0.2) is 0 Å². The summed E-state index contributed by atoms with van der Waals surface area (Å²) in [6, 6.07) is 0. The van der Waals surface area contributed by atoms with E-state index >= 15 is 0 Å². The van der Waals surface area contributed by atoms with Crippen molar-refractivity contribution < 1.29 is 28.6 Å². The van der Waals surface area contributed by atoms with E-state index in [2.05, 4.69) is 21.4 Å². The van der Waals surface area contributed by atoms with Gasteiger partial charge in [-0.1, -0.05) is 49.9 Å². The van der Waals surface area contributed by atoms with Crippen LogP contribution in [0.15, 0.2) is 12.7 Å². The van der Waals surface area contributed by atoms with Crippen molar-refractivity contribution in [2.24, 2.45) is 0 Å². The Morgan fingerprint density at radius 3 is 2.03 bits per heavy atom. The minimum absolute atomic E-state index is 0.191. The van der Waals surface area contributed by atoms with Crippen LogP contribution in [0.1, 0.15) is 89.9 Å². The molecule has 0 aromatic rings. The SMILES string of the molecule is C=CCOC(=O)CCCCCCCN(OCNCCCCCCOC#N)N(C=O)CCCCCCOC#N. The number of nitrogens with zero attached hydrogens (tertiary/aromatic N) is 4. The molecule has 38 heavy (non-hydrogen) atoms. The predicted octanol–water partition coefficient (Wildman–Crippen LogP) is 4.33. The van der Waals surface area contributed by atoms with E-state index in [1.807, 2.05) is 0 Å². The third-order valence-corrected chi connectivity index (χ3v) is 5.68. The van der Waals surface area contributed by atoms with E-state index < -0.39 is 0 Å². The molecule has 0 aliphatic heterocycles. The number of hydrogen-bond donors (Lipinski definition) is 1. The first-order valence-electron chi connectivity index (χ1n) is 13.8. The topological polar surface area (TPSA) is 137 Å². The van der Waals surface area contributed by atoms with Crippen LogP contribution >= 0.6 is 0 Å². The van der Waals surface area contributed by atoms with E-state index in [-0.39, 0.29) is 12.6 Å². The minimum Gasteiger partial charge on any atom is -0.461 e. The van der Waals surface area contributed by atoms with E-state index in [1.165, 1.54) is 0 Å². The van der Waals surface area contributed by atoms with Gasteiger partial charge in [-0.3, -0.25) is 24.8 Å². The molecule has 0 aromatic heterocycles. The summed E-state index contributed by atoms with van der Waals surface area (Å²) >= 11 is 0. The van der Waals surface area contributed by atoms with E-state index in [9.17, 15) is 9.59 Å². The fourth-order valence-electron chi connectivity index (χ4n) is 3.62. The number of carbonyl (C=O) groups excluding carboxylic acids is 2. The number of esters is 1. The van der Waals surface area contributed by atoms with Gasteiger partial charge in [-0.2, -0.15) is 10.5 Å². The Balaban J connectivity index is 4.29. The molecule has 216 valence electrons. The molecule has 0 radical (unpaired) electrons. The molecular formula is C27H47N5O6. The number of nitriles is 2. The van der Waals surface area contributed by atoms with E-state index in [1.54, 1.807) is 28.8 Å². The largest absolute Gasteiger partial charge is 0.461 e. The molecule has 11 nitrogen and oxygen atoms in total. The first-order chi connectivity index (χ1) is 18.7. The Bertz CT molecular complexity index is 667. The van der Waals surface area contributed by atoms with Crippen molar-refractivity contribution in [2.75, 3.05) is 46.2 Å². The maximum atomic E-state index is 11.8. The lowest BCUT2D eigenvalue weighted by atomic mass is 10.1. The summed E-state index contributed by atoms with van der Waals surface area (Å²) < 4.78 is 14.3. The lowest BCUT2D eigenvalue weighted by Crippen LogP contribution is -2.44. The second kappa shape index (κ2) is 28.7. The molecule has 11 heteroatoms. The summed E-state index contributed by atoms with van der Waals surface area (Å²) in [4.78, 5) is 29.2. The molecule has 0 rings (SSSR count). The Morgan fingerprint density at radius 1 is 0.816 bits per heavy atom. The maximum absolute atomic E-state index is 11.8. The summed E-state index contributed by atoms with van der Waals surface area (Å²) in [7, 11) is 0. The van der Waals surface area contributed by atoms with Crippen LogP contribution in [0, 0.1) is 23.0 Å². The molecule has 0 saturated carbocycles. The van der Waals surface area contributed by atoms with Crippen LogP contribution in [-0.2, 0) is 28.6 Å². The van der Waals surface area contributed by atoms with E-state index in [0.29, 0.717) is 39.5 Å². The molecule has 0 aliphatic carbocycles. The van der Waals surface area contributed by atoms with Gasteiger partial charge in [-0.15, -0.1) is 0 Å². The summed E-state index contributed by atoms with van der Waals surface area (Å²) in [5.74, 6) is -0.191. The standard InChI is InChI=1S/C27H47N5O6/c1-2-20-37-27(34)16-10-4-3-6-13-19-32(31(26-33)18-12-7-9-15-22-36-24-29)38-25-30-17-11-5-8-14-21-35-23-28/h2,26,30H,1,3-22,25H2. The van der Waals surface area contributed by atoms with Crippen molar-refractivity contribution in [2.45, 2.75) is 89.9 Å². The third kappa shape index (κ3) is 23.5. The smallest absolute Gasteiger partial charge is 0.306 e. The molecule has 0 aromatic carbocycles. The highest BCUT2D eigenvalue weighted by atomic mass is 16.7. The second-order valence-electron chi connectivity index (χ2n) is 8.82. The molecule has 1 N–H and O–H groups in total. The second-order valence-corrected chi connectivity index (χ2v) is 8.82. The molecule has 0 heterocycles. The number of hydrazine groups is 1. The Hall–Kier alpha value is -2.86. The first kappa shape index (κ1) is 35.1. The summed E-state index contributed by atoms with van der Waals surface area (Å²) in [5.41, 5.74) is 0. The Labute approximate surface area is 228 Å². The zero-order chi connectivity index (χ0) is 27.9. The van der Waals surface area contributed by atoms with Gasteiger partial charge in [-0.05, 0) is 57.9 Å². The van der Waals surface area contributed by atoms with Gasteiger partial charge < -0.3 is 14.2 Å². The summed E-state index contributed by atoms with van der Waals surface area (Å²) in [6.07, 6.45) is 18.1. The zero-order valence-corrected chi connectivity index (χ0v) is 22.9. The van der Waals surface area contributed by atoms with Crippen LogP contribution in [0.25, 0.3) is 0 Å². The van der Waals surface area contributed by atoms with Crippen LogP contribution in [0.3, 0.4) is 0 Å². The van der Waals surface area contributed by atoms with Crippen LogP contribution in [0.5, 0.6) is 0 Å². The molecule has 0 atom stereocenters. The highest BCUT2D eigenvalue weighted by Crippen LogP contribution is 2.10. The number of unbranched alkanes of at least 4 members (excludes halogenated alkanes) is 10. The third-order valence-electron chi connectivity index (χ3n) is 5.68. The first-order valence-corrected chi connectivity index (χ1v) is 13.8. The normalized spacial score (nSPS) is 10.4. The average molecular weight is 538 g/mol. The van der Waals surface area contributed by atoms with E-state index in [4.69, 9.17) is 20.1 Å². The number of rotatable bonds is 29. The van der Waals surface area contributed by atoms with Gasteiger partial charge in [0, 0.05) is 19.5 Å². The van der Waals surface area contributed by atoms with Crippen LogP contribution < -0.4 is 5.32 Å². The molecular weight excluding hydrogens is 490 g/mol.